The van der Waals surface area contributed by atoms with Gasteiger partial charge >= 0.3 is 0 Å². The normalized spacial score (nSPS) is 21.1. The first kappa shape index (κ1) is 10.5. The van der Waals surface area contributed by atoms with Crippen molar-refractivity contribution >= 4 is 9.84 Å². The molecule has 1 aromatic heterocycles. The standard InChI is InChI=1S/C9H13N3O2S/c1-6-3-7-4-11-9(15(2,13)14)12-8(7)5-10-6/h4,6,10H,3,5H2,1-2H3/t6-/m1/s1. The number of nitrogens with one attached hydrogen (secondary N) is 1. The lowest BCUT2D eigenvalue weighted by Gasteiger charge is -2.21. The number of rotatable bonds is 1. The zero-order valence-electron chi connectivity index (χ0n) is 8.69. The van der Waals surface area contributed by atoms with Crippen LogP contribution in [0.3, 0.4) is 0 Å². The highest BCUT2D eigenvalue weighted by molar-refractivity contribution is 7.90. The van der Waals surface area contributed by atoms with Gasteiger partial charge in [-0.15, -0.1) is 0 Å². The summed E-state index contributed by atoms with van der Waals surface area (Å²) in [4.78, 5) is 7.93. The molecule has 2 rings (SSSR count). The van der Waals surface area contributed by atoms with E-state index in [1.807, 2.05) is 0 Å². The van der Waals surface area contributed by atoms with Crippen LogP contribution in [0.4, 0.5) is 0 Å². The van der Waals surface area contributed by atoms with Crippen LogP contribution in [0.2, 0.25) is 0 Å². The maximum absolute atomic E-state index is 11.2. The van der Waals surface area contributed by atoms with Crippen LogP contribution < -0.4 is 5.32 Å². The van der Waals surface area contributed by atoms with Gasteiger partial charge in [0.05, 0.1) is 5.69 Å². The summed E-state index contributed by atoms with van der Waals surface area (Å²) in [5.41, 5.74) is 1.83. The van der Waals surface area contributed by atoms with Gasteiger partial charge < -0.3 is 5.32 Å². The first-order valence-corrected chi connectivity index (χ1v) is 6.64. The third-order valence-electron chi connectivity index (χ3n) is 2.41. The van der Waals surface area contributed by atoms with E-state index in [2.05, 4.69) is 22.2 Å². The first-order chi connectivity index (χ1) is 6.97. The fraction of sp³-hybridized carbons (Fsp3) is 0.556. The van der Waals surface area contributed by atoms with Crippen LogP contribution in [-0.4, -0.2) is 30.7 Å². The van der Waals surface area contributed by atoms with Crippen LogP contribution in [-0.2, 0) is 22.8 Å². The Kier molecular flexibility index (Phi) is 2.47. The minimum absolute atomic E-state index is 0.0856. The van der Waals surface area contributed by atoms with Crippen LogP contribution in [0.15, 0.2) is 11.4 Å². The Morgan fingerprint density at radius 3 is 2.93 bits per heavy atom. The van der Waals surface area contributed by atoms with E-state index >= 15 is 0 Å². The largest absolute Gasteiger partial charge is 0.308 e. The monoisotopic (exact) mass is 227 g/mol. The summed E-state index contributed by atoms with van der Waals surface area (Å²) in [6, 6.07) is 0.394. The number of sulfone groups is 1. The quantitative estimate of drug-likeness (QED) is 0.679. The number of fused-ring (bicyclic) bond motifs is 1. The first-order valence-electron chi connectivity index (χ1n) is 4.75. The van der Waals surface area contributed by atoms with Gasteiger partial charge in [-0.05, 0) is 18.9 Å². The predicted molar refractivity (Wildman–Crippen MR) is 55.1 cm³/mol. The van der Waals surface area contributed by atoms with Crippen molar-refractivity contribution < 1.29 is 8.42 Å². The van der Waals surface area contributed by atoms with Crippen molar-refractivity contribution in [1.29, 1.82) is 0 Å². The summed E-state index contributed by atoms with van der Waals surface area (Å²) in [6.45, 7) is 2.69. The van der Waals surface area contributed by atoms with Crippen LogP contribution in [0.1, 0.15) is 18.2 Å². The molecule has 0 bridgehead atoms. The molecule has 1 aliphatic rings. The molecule has 82 valence electrons. The zero-order valence-corrected chi connectivity index (χ0v) is 9.50. The molecule has 0 amide bonds. The topological polar surface area (TPSA) is 72.0 Å². The van der Waals surface area contributed by atoms with Crippen molar-refractivity contribution in [3.8, 4) is 0 Å². The van der Waals surface area contributed by atoms with Crippen molar-refractivity contribution in [2.75, 3.05) is 6.26 Å². The number of aromatic nitrogens is 2. The highest BCUT2D eigenvalue weighted by Crippen LogP contribution is 2.15. The van der Waals surface area contributed by atoms with Gasteiger partial charge in [0.25, 0.3) is 0 Å². The van der Waals surface area contributed by atoms with Gasteiger partial charge in [0.2, 0.25) is 15.0 Å². The second kappa shape index (κ2) is 3.53. The van der Waals surface area contributed by atoms with Crippen LogP contribution in [0.25, 0.3) is 0 Å². The lowest BCUT2D eigenvalue weighted by Crippen LogP contribution is -2.34. The summed E-state index contributed by atoms with van der Waals surface area (Å²) in [7, 11) is -3.30. The van der Waals surface area contributed by atoms with Crippen molar-refractivity contribution in [1.82, 2.24) is 15.3 Å². The average molecular weight is 227 g/mol. The Hall–Kier alpha value is -1.01. The summed E-state index contributed by atoms with van der Waals surface area (Å²) >= 11 is 0. The molecule has 5 nitrogen and oxygen atoms in total. The van der Waals surface area contributed by atoms with E-state index in [1.54, 1.807) is 6.20 Å². The number of nitrogens with zero attached hydrogens (tertiary/aromatic N) is 2. The fourth-order valence-electron chi connectivity index (χ4n) is 1.60. The summed E-state index contributed by atoms with van der Waals surface area (Å²) in [5.74, 6) is 0. The van der Waals surface area contributed by atoms with Crippen LogP contribution in [0, 0.1) is 0 Å². The molecule has 0 saturated carbocycles. The number of hydrogen-bond acceptors (Lipinski definition) is 5. The Bertz CT molecular complexity index is 484. The van der Waals surface area contributed by atoms with Crippen molar-refractivity contribution in [3.63, 3.8) is 0 Å². The summed E-state index contributed by atoms with van der Waals surface area (Å²) in [5, 5.41) is 3.15. The summed E-state index contributed by atoms with van der Waals surface area (Å²) < 4.78 is 22.5. The maximum atomic E-state index is 11.2. The lowest BCUT2D eigenvalue weighted by molar-refractivity contribution is 0.496. The van der Waals surface area contributed by atoms with E-state index in [9.17, 15) is 8.42 Å². The summed E-state index contributed by atoms with van der Waals surface area (Å²) in [6.07, 6.45) is 3.59. The molecule has 1 aromatic rings. The zero-order chi connectivity index (χ0) is 11.1. The third-order valence-corrected chi connectivity index (χ3v) is 3.27. The highest BCUT2D eigenvalue weighted by atomic mass is 32.2. The molecule has 0 fully saturated rings. The molecule has 1 N–H and O–H groups in total. The molecule has 1 atom stereocenters. The molecule has 0 saturated heterocycles. The number of hydrogen-bond donors (Lipinski definition) is 1. The molecule has 0 unspecified atom stereocenters. The smallest absolute Gasteiger partial charge is 0.247 e. The van der Waals surface area contributed by atoms with Crippen LogP contribution in [0.5, 0.6) is 0 Å². The second-order valence-electron chi connectivity index (χ2n) is 3.88. The molecule has 0 radical (unpaired) electrons. The van der Waals surface area contributed by atoms with Gasteiger partial charge in [-0.2, -0.15) is 0 Å². The minimum atomic E-state index is -3.30. The Labute approximate surface area is 88.9 Å². The highest BCUT2D eigenvalue weighted by Gasteiger charge is 2.19. The van der Waals surface area contributed by atoms with Gasteiger partial charge in [0.15, 0.2) is 0 Å². The van der Waals surface area contributed by atoms with Crippen LogP contribution >= 0.6 is 0 Å². The van der Waals surface area contributed by atoms with Gasteiger partial charge in [-0.3, -0.25) is 0 Å². The van der Waals surface area contributed by atoms with E-state index in [1.165, 1.54) is 0 Å². The second-order valence-corrected chi connectivity index (χ2v) is 5.79. The fourth-order valence-corrected chi connectivity index (χ4v) is 2.12. The molecular formula is C9H13N3O2S. The lowest BCUT2D eigenvalue weighted by atomic mass is 10.0. The molecule has 15 heavy (non-hydrogen) atoms. The van der Waals surface area contributed by atoms with Gasteiger partial charge in [0, 0.05) is 25.0 Å². The van der Waals surface area contributed by atoms with E-state index in [0.29, 0.717) is 12.6 Å². The maximum Gasteiger partial charge on any atom is 0.247 e. The van der Waals surface area contributed by atoms with Gasteiger partial charge in [-0.25, -0.2) is 18.4 Å². The molecule has 0 aliphatic carbocycles. The molecule has 1 aliphatic heterocycles. The Morgan fingerprint density at radius 2 is 2.27 bits per heavy atom. The van der Waals surface area contributed by atoms with Crippen molar-refractivity contribution in [2.24, 2.45) is 0 Å². The van der Waals surface area contributed by atoms with E-state index in [0.717, 1.165) is 23.9 Å². The third kappa shape index (κ3) is 2.15. The molecular weight excluding hydrogens is 214 g/mol. The minimum Gasteiger partial charge on any atom is -0.308 e. The van der Waals surface area contributed by atoms with Crippen molar-refractivity contribution in [2.45, 2.75) is 31.1 Å². The van der Waals surface area contributed by atoms with E-state index < -0.39 is 9.84 Å². The predicted octanol–water partition coefficient (Wildman–Crippen LogP) is -0.0857. The SMILES string of the molecule is C[C@@H]1Cc2cnc(S(C)(=O)=O)nc2CN1. The van der Waals surface area contributed by atoms with Crippen molar-refractivity contribution in [3.05, 3.63) is 17.5 Å². The molecule has 0 spiro atoms. The van der Waals surface area contributed by atoms with Gasteiger partial charge in [-0.1, -0.05) is 0 Å². The average Bonchev–Trinajstić information content (AvgIpc) is 2.15. The van der Waals surface area contributed by atoms with E-state index in [-0.39, 0.29) is 5.16 Å². The molecule has 6 heteroatoms. The van der Waals surface area contributed by atoms with E-state index in [4.69, 9.17) is 0 Å². The molecule has 0 aromatic carbocycles. The van der Waals surface area contributed by atoms with Gasteiger partial charge in [0.1, 0.15) is 0 Å². The Morgan fingerprint density at radius 1 is 1.53 bits per heavy atom. The molecule has 2 heterocycles. The Balaban J connectivity index is 2.44.